The Morgan fingerprint density at radius 2 is 1.16 bits per heavy atom. The van der Waals surface area contributed by atoms with Gasteiger partial charge in [0.25, 0.3) is 5.67 Å². The Kier molecular flexibility index (Phi) is 7.90. The molecule has 0 radical (unpaired) electrons. The minimum atomic E-state index is -7.20. The van der Waals surface area contributed by atoms with Gasteiger partial charge in [0.2, 0.25) is 0 Å². The summed E-state index contributed by atoms with van der Waals surface area (Å²) in [4.78, 5) is 0. The summed E-state index contributed by atoms with van der Waals surface area (Å²) in [6, 6.07) is 0. The Hall–Kier alpha value is -0.0400. The highest BCUT2D eigenvalue weighted by molar-refractivity contribution is 14.1. The van der Waals surface area contributed by atoms with Gasteiger partial charge in [0.05, 0.1) is 0 Å². The van der Waals surface area contributed by atoms with Crippen LogP contribution in [0.25, 0.3) is 0 Å². The van der Waals surface area contributed by atoms with E-state index in [2.05, 4.69) is 0 Å². The van der Waals surface area contributed by atoms with Gasteiger partial charge in [-0.15, -0.1) is 0 Å². The van der Waals surface area contributed by atoms with E-state index in [4.69, 9.17) is 0 Å². The molecule has 152 valence electrons. The predicted octanol–water partition coefficient (Wildman–Crippen LogP) is 7.11. The molecule has 25 heavy (non-hydrogen) atoms. The number of rotatable bonds is 8. The molecular weight excluding hydrogens is 492 g/mol. The van der Waals surface area contributed by atoms with Crippen LogP contribution in [0, 0.1) is 5.92 Å². The Bertz CT molecular complexity index is 429. The molecule has 0 aromatic heterocycles. The van der Waals surface area contributed by atoms with Crippen molar-refractivity contribution in [3.05, 3.63) is 0 Å². The number of unbranched alkanes of at least 4 members (excludes halogenated alkanes) is 1. The topological polar surface area (TPSA) is 0 Å². The van der Waals surface area contributed by atoms with Crippen LogP contribution >= 0.6 is 22.6 Å². The fraction of sp³-hybridized carbons (Fsp3) is 1.00. The molecule has 0 N–H and O–H groups in total. The Morgan fingerprint density at radius 1 is 0.720 bits per heavy atom. The summed E-state index contributed by atoms with van der Waals surface area (Å²) in [5, 5.41) is 0. The highest BCUT2D eigenvalue weighted by Crippen LogP contribution is 2.61. The van der Waals surface area contributed by atoms with Gasteiger partial charge >= 0.3 is 24.2 Å². The van der Waals surface area contributed by atoms with E-state index in [0.717, 1.165) is 6.92 Å². The van der Waals surface area contributed by atoms with Crippen LogP contribution in [-0.4, -0.2) is 33.8 Å². The number of hydrogen-bond donors (Lipinski definition) is 0. The van der Waals surface area contributed by atoms with Gasteiger partial charge in [0.1, 0.15) is 0 Å². The van der Waals surface area contributed by atoms with Gasteiger partial charge in [-0.3, -0.25) is 0 Å². The van der Waals surface area contributed by atoms with E-state index < -0.39 is 46.1 Å². The summed E-state index contributed by atoms with van der Waals surface area (Å²) in [5.74, 6) is -17.0. The first-order valence-corrected chi connectivity index (χ1v) is 8.40. The van der Waals surface area contributed by atoms with Crippen molar-refractivity contribution < 1.29 is 48.3 Å². The average Bonchev–Trinajstić information content (AvgIpc) is 2.42. The quantitative estimate of drug-likeness (QED) is 0.186. The fourth-order valence-electron chi connectivity index (χ4n) is 2.41. The van der Waals surface area contributed by atoms with Gasteiger partial charge in [-0.05, 0) is 12.8 Å². The van der Waals surface area contributed by atoms with Gasteiger partial charge in [-0.25, -0.2) is 4.39 Å². The third-order valence-corrected chi connectivity index (χ3v) is 5.33. The zero-order valence-corrected chi connectivity index (χ0v) is 15.2. The van der Waals surface area contributed by atoms with Crippen LogP contribution in [0.15, 0.2) is 0 Å². The third kappa shape index (κ3) is 4.28. The summed E-state index contributed by atoms with van der Waals surface area (Å²) >= 11 is 1.18. The second-order valence-electron chi connectivity index (χ2n) is 5.53. The van der Waals surface area contributed by atoms with Crippen LogP contribution in [0.1, 0.15) is 39.5 Å². The summed E-state index contributed by atoms with van der Waals surface area (Å²) in [6.45, 7) is 2.41. The number of alkyl halides is 12. The van der Waals surface area contributed by atoms with Crippen molar-refractivity contribution in [3.8, 4) is 0 Å². The van der Waals surface area contributed by atoms with Crippen molar-refractivity contribution in [1.82, 2.24) is 0 Å². The zero-order chi connectivity index (χ0) is 20.5. The molecule has 0 bridgehead atoms. The zero-order valence-electron chi connectivity index (χ0n) is 13.0. The maximum Gasteiger partial charge on any atom is 0.460 e. The molecule has 0 rings (SSSR count). The molecule has 0 aromatic carbocycles. The maximum absolute atomic E-state index is 14.6. The molecule has 3 unspecified atom stereocenters. The SMILES string of the molecule is CCCCC(I)C(CC)C(F)(C(F)(F)F)C(F)(F)C(F)(F)C(F)(F)F. The van der Waals surface area contributed by atoms with Crippen molar-refractivity contribution >= 4 is 22.6 Å². The monoisotopic (exact) mass is 508 g/mol. The minimum absolute atomic E-state index is 0.166. The van der Waals surface area contributed by atoms with Crippen molar-refractivity contribution in [2.24, 2.45) is 5.92 Å². The van der Waals surface area contributed by atoms with E-state index in [1.54, 1.807) is 6.92 Å². The molecule has 0 heterocycles. The lowest BCUT2D eigenvalue weighted by molar-refractivity contribution is -0.419. The molecule has 0 saturated carbocycles. The Balaban J connectivity index is 6.39. The van der Waals surface area contributed by atoms with E-state index in [9.17, 15) is 48.3 Å². The molecule has 0 fully saturated rings. The number of hydrogen-bond acceptors (Lipinski definition) is 0. The van der Waals surface area contributed by atoms with Crippen molar-refractivity contribution in [1.29, 1.82) is 0 Å². The molecule has 0 saturated heterocycles. The highest BCUT2D eigenvalue weighted by atomic mass is 127. The molecule has 0 aliphatic heterocycles. The molecule has 0 nitrogen and oxygen atoms in total. The summed E-state index contributed by atoms with van der Waals surface area (Å²) < 4.78 is 143. The molecule has 3 atom stereocenters. The van der Waals surface area contributed by atoms with Gasteiger partial charge in [-0.1, -0.05) is 49.3 Å². The summed E-state index contributed by atoms with van der Waals surface area (Å²) in [5.41, 5.74) is -6.05. The van der Waals surface area contributed by atoms with Crippen LogP contribution in [-0.2, 0) is 0 Å². The molecular formula is C13H16F11I. The second-order valence-corrected chi connectivity index (χ2v) is 7.13. The molecule has 0 spiro atoms. The van der Waals surface area contributed by atoms with Gasteiger partial charge < -0.3 is 0 Å². The van der Waals surface area contributed by atoms with Gasteiger partial charge in [0, 0.05) is 9.84 Å². The molecule has 12 heteroatoms. The standard InChI is InChI=1S/C13H16F11I/c1-3-5-6-8(25)7(4-2)9(14,12(19,20)21)10(15,16)11(17,18)13(22,23)24/h7-8H,3-6H2,1-2H3. The summed E-state index contributed by atoms with van der Waals surface area (Å²) in [7, 11) is 0. The first kappa shape index (κ1) is 25.0. The molecule has 0 aliphatic carbocycles. The molecule has 0 amide bonds. The predicted molar refractivity (Wildman–Crippen MR) is 77.0 cm³/mol. The minimum Gasteiger partial charge on any atom is -0.226 e. The maximum atomic E-state index is 14.6. The molecule has 0 aliphatic rings. The molecule has 0 aromatic rings. The van der Waals surface area contributed by atoms with Crippen molar-refractivity contribution in [2.75, 3.05) is 0 Å². The largest absolute Gasteiger partial charge is 0.460 e. The van der Waals surface area contributed by atoms with Crippen LogP contribution < -0.4 is 0 Å². The van der Waals surface area contributed by atoms with Crippen LogP contribution in [0.2, 0.25) is 0 Å². The van der Waals surface area contributed by atoms with E-state index >= 15 is 0 Å². The smallest absolute Gasteiger partial charge is 0.226 e. The first-order chi connectivity index (χ1) is 10.9. The second kappa shape index (κ2) is 7.91. The van der Waals surface area contributed by atoms with E-state index in [1.165, 1.54) is 22.6 Å². The Labute approximate surface area is 150 Å². The Morgan fingerprint density at radius 3 is 1.44 bits per heavy atom. The van der Waals surface area contributed by atoms with Crippen LogP contribution in [0.4, 0.5) is 48.3 Å². The van der Waals surface area contributed by atoms with Gasteiger partial charge in [0.15, 0.2) is 0 Å². The van der Waals surface area contributed by atoms with Crippen LogP contribution in [0.5, 0.6) is 0 Å². The normalized spacial score (nSPS) is 19.4. The first-order valence-electron chi connectivity index (χ1n) is 7.15. The third-order valence-electron chi connectivity index (χ3n) is 3.84. The van der Waals surface area contributed by atoms with E-state index in [-0.39, 0.29) is 12.8 Å². The van der Waals surface area contributed by atoms with Crippen molar-refractivity contribution in [3.63, 3.8) is 0 Å². The number of halogens is 12. The fourth-order valence-corrected chi connectivity index (χ4v) is 3.86. The highest BCUT2D eigenvalue weighted by Gasteiger charge is 2.88. The van der Waals surface area contributed by atoms with E-state index in [0.29, 0.717) is 6.42 Å². The lowest BCUT2D eigenvalue weighted by atomic mass is 9.76. The summed E-state index contributed by atoms with van der Waals surface area (Å²) in [6.07, 6.45) is -14.4. The lowest BCUT2D eigenvalue weighted by Gasteiger charge is -2.44. The lowest BCUT2D eigenvalue weighted by Crippen LogP contribution is -2.71. The van der Waals surface area contributed by atoms with E-state index in [1.807, 2.05) is 0 Å². The van der Waals surface area contributed by atoms with Crippen molar-refractivity contribution in [2.45, 2.75) is 73.3 Å². The van der Waals surface area contributed by atoms with Crippen LogP contribution in [0.3, 0.4) is 0 Å². The average molecular weight is 508 g/mol. The van der Waals surface area contributed by atoms with Gasteiger partial charge in [-0.2, -0.15) is 43.9 Å².